The topological polar surface area (TPSA) is 49.3 Å². The molecule has 1 amide bonds. The number of hydrogen-bond acceptors (Lipinski definition) is 2. The van der Waals surface area contributed by atoms with Crippen LogP contribution in [0.25, 0.3) is 0 Å². The second-order valence-electron chi connectivity index (χ2n) is 5.25. The van der Waals surface area contributed by atoms with E-state index in [1.165, 1.54) is 6.07 Å². The largest absolute Gasteiger partial charge is 0.391 e. The minimum atomic E-state index is -0.498. The maximum absolute atomic E-state index is 13.4. The molecule has 0 aliphatic heterocycles. The molecule has 0 heterocycles. The van der Waals surface area contributed by atoms with Crippen LogP contribution in [0.2, 0.25) is 0 Å². The first-order valence-corrected chi connectivity index (χ1v) is 6.83. The number of aliphatic hydroxyl groups is 1. The van der Waals surface area contributed by atoms with E-state index in [9.17, 15) is 14.3 Å². The Kier molecular flexibility index (Phi) is 4.53. The second kappa shape index (κ2) is 6.15. The minimum Gasteiger partial charge on any atom is -0.391 e. The third-order valence-electron chi connectivity index (χ3n) is 3.73. The van der Waals surface area contributed by atoms with Crippen molar-refractivity contribution in [1.82, 2.24) is 5.32 Å². The number of carbonyl (C=O) groups is 1. The molecule has 1 aromatic carbocycles. The summed E-state index contributed by atoms with van der Waals surface area (Å²) in [6.45, 7) is 1.66. The van der Waals surface area contributed by atoms with Gasteiger partial charge in [-0.2, -0.15) is 0 Å². The molecule has 0 spiro atoms. The van der Waals surface area contributed by atoms with Gasteiger partial charge in [-0.05, 0) is 37.5 Å². The molecule has 2 unspecified atom stereocenters. The number of benzene rings is 1. The van der Waals surface area contributed by atoms with Gasteiger partial charge in [-0.1, -0.05) is 25.3 Å². The van der Waals surface area contributed by atoms with E-state index in [1.807, 2.05) is 0 Å². The Labute approximate surface area is 112 Å². The van der Waals surface area contributed by atoms with Crippen LogP contribution in [0, 0.1) is 12.7 Å². The van der Waals surface area contributed by atoms with E-state index in [0.717, 1.165) is 25.7 Å². The Morgan fingerprint density at radius 2 is 2.05 bits per heavy atom. The first-order chi connectivity index (χ1) is 9.08. The van der Waals surface area contributed by atoms with Crippen LogP contribution < -0.4 is 5.32 Å². The summed E-state index contributed by atoms with van der Waals surface area (Å²) in [4.78, 5) is 12.0. The molecule has 2 rings (SSSR count). The van der Waals surface area contributed by atoms with Crippen LogP contribution in [0.5, 0.6) is 0 Å². The number of nitrogens with one attached hydrogen (secondary N) is 1. The summed E-state index contributed by atoms with van der Waals surface area (Å²) in [7, 11) is 0. The van der Waals surface area contributed by atoms with Gasteiger partial charge in [0.05, 0.1) is 12.1 Å². The van der Waals surface area contributed by atoms with Gasteiger partial charge in [-0.3, -0.25) is 4.79 Å². The number of rotatable bonds is 2. The molecule has 3 nitrogen and oxygen atoms in total. The van der Waals surface area contributed by atoms with Gasteiger partial charge in [-0.25, -0.2) is 4.39 Å². The Morgan fingerprint density at radius 3 is 2.79 bits per heavy atom. The fraction of sp³-hybridized carbons (Fsp3) is 0.533. The zero-order valence-electron chi connectivity index (χ0n) is 11.2. The Balaban J connectivity index is 2.05. The normalized spacial score (nSPS) is 23.7. The summed E-state index contributed by atoms with van der Waals surface area (Å²) in [6.07, 6.45) is 4.08. The van der Waals surface area contributed by atoms with Crippen molar-refractivity contribution in [3.8, 4) is 0 Å². The van der Waals surface area contributed by atoms with Crippen LogP contribution in [0.3, 0.4) is 0 Å². The lowest BCUT2D eigenvalue weighted by atomic mass is 10.0. The van der Waals surface area contributed by atoms with E-state index in [2.05, 4.69) is 5.32 Å². The van der Waals surface area contributed by atoms with E-state index in [1.54, 1.807) is 19.1 Å². The van der Waals surface area contributed by atoms with Crippen LogP contribution >= 0.6 is 0 Å². The number of halogens is 1. The SMILES string of the molecule is Cc1ccc(C(=O)NC2CCCCCC2O)cc1F. The average molecular weight is 265 g/mol. The summed E-state index contributed by atoms with van der Waals surface area (Å²) in [5, 5.41) is 12.8. The van der Waals surface area contributed by atoms with Crippen LogP contribution in [0.15, 0.2) is 18.2 Å². The van der Waals surface area contributed by atoms with Crippen molar-refractivity contribution in [1.29, 1.82) is 0 Å². The van der Waals surface area contributed by atoms with E-state index in [4.69, 9.17) is 0 Å². The lowest BCUT2D eigenvalue weighted by Gasteiger charge is -2.21. The third kappa shape index (κ3) is 3.53. The molecule has 4 heteroatoms. The molecule has 19 heavy (non-hydrogen) atoms. The predicted octanol–water partition coefficient (Wildman–Crippen LogP) is 2.56. The number of amides is 1. The Hall–Kier alpha value is -1.42. The predicted molar refractivity (Wildman–Crippen MR) is 71.5 cm³/mol. The lowest BCUT2D eigenvalue weighted by Crippen LogP contribution is -2.42. The monoisotopic (exact) mass is 265 g/mol. The molecule has 1 aromatic rings. The Morgan fingerprint density at radius 1 is 1.32 bits per heavy atom. The van der Waals surface area contributed by atoms with E-state index in [0.29, 0.717) is 17.5 Å². The number of carbonyl (C=O) groups excluding carboxylic acids is 1. The molecular weight excluding hydrogens is 245 g/mol. The molecule has 104 valence electrons. The quantitative estimate of drug-likeness (QED) is 0.807. The first-order valence-electron chi connectivity index (χ1n) is 6.83. The standard InChI is InChI=1S/C15H20FNO2/c1-10-7-8-11(9-12(10)16)15(19)17-13-5-3-2-4-6-14(13)18/h7-9,13-14,18H,2-6H2,1H3,(H,17,19). The molecule has 1 saturated carbocycles. The van der Waals surface area contributed by atoms with Crippen LogP contribution in [0.4, 0.5) is 4.39 Å². The molecule has 0 radical (unpaired) electrons. The molecule has 2 N–H and O–H groups in total. The minimum absolute atomic E-state index is 0.223. The molecular formula is C15H20FNO2. The van der Waals surface area contributed by atoms with Gasteiger partial charge in [0.15, 0.2) is 0 Å². The van der Waals surface area contributed by atoms with Gasteiger partial charge in [-0.15, -0.1) is 0 Å². The highest BCUT2D eigenvalue weighted by atomic mass is 19.1. The van der Waals surface area contributed by atoms with Gasteiger partial charge in [0, 0.05) is 5.56 Å². The lowest BCUT2D eigenvalue weighted by molar-refractivity contribution is 0.0818. The first kappa shape index (κ1) is 14.0. The highest BCUT2D eigenvalue weighted by molar-refractivity contribution is 5.94. The van der Waals surface area contributed by atoms with Gasteiger partial charge in [0.1, 0.15) is 5.82 Å². The third-order valence-corrected chi connectivity index (χ3v) is 3.73. The van der Waals surface area contributed by atoms with Crippen LogP contribution in [0.1, 0.15) is 48.0 Å². The molecule has 1 aliphatic carbocycles. The van der Waals surface area contributed by atoms with E-state index < -0.39 is 6.10 Å². The van der Waals surface area contributed by atoms with Gasteiger partial charge < -0.3 is 10.4 Å². The zero-order chi connectivity index (χ0) is 13.8. The maximum atomic E-state index is 13.4. The smallest absolute Gasteiger partial charge is 0.251 e. The van der Waals surface area contributed by atoms with Crippen LogP contribution in [-0.2, 0) is 0 Å². The van der Waals surface area contributed by atoms with Crippen molar-refractivity contribution in [3.63, 3.8) is 0 Å². The molecule has 0 bridgehead atoms. The summed E-state index contributed by atoms with van der Waals surface area (Å²) in [5.41, 5.74) is 0.825. The fourth-order valence-electron chi connectivity index (χ4n) is 2.44. The molecule has 1 fully saturated rings. The van der Waals surface area contributed by atoms with Crippen molar-refractivity contribution >= 4 is 5.91 Å². The van der Waals surface area contributed by atoms with Crippen molar-refractivity contribution in [2.24, 2.45) is 0 Å². The van der Waals surface area contributed by atoms with Gasteiger partial charge in [0.25, 0.3) is 5.91 Å². The molecule has 0 saturated heterocycles. The van der Waals surface area contributed by atoms with Crippen molar-refractivity contribution in [2.75, 3.05) is 0 Å². The fourth-order valence-corrected chi connectivity index (χ4v) is 2.44. The summed E-state index contributed by atoms with van der Waals surface area (Å²) < 4.78 is 13.4. The van der Waals surface area contributed by atoms with Crippen molar-refractivity contribution in [2.45, 2.75) is 51.2 Å². The summed E-state index contributed by atoms with van der Waals surface area (Å²) in [6, 6.07) is 4.22. The molecule has 2 atom stereocenters. The number of aliphatic hydroxyl groups excluding tert-OH is 1. The van der Waals surface area contributed by atoms with Gasteiger partial charge in [0.2, 0.25) is 0 Å². The molecule has 1 aliphatic rings. The molecule has 0 aromatic heterocycles. The highest BCUT2D eigenvalue weighted by Crippen LogP contribution is 2.18. The zero-order valence-corrected chi connectivity index (χ0v) is 11.2. The number of aryl methyl sites for hydroxylation is 1. The highest BCUT2D eigenvalue weighted by Gasteiger charge is 2.23. The van der Waals surface area contributed by atoms with Crippen molar-refractivity contribution in [3.05, 3.63) is 35.1 Å². The number of hydrogen-bond donors (Lipinski definition) is 2. The van der Waals surface area contributed by atoms with Gasteiger partial charge >= 0.3 is 0 Å². The van der Waals surface area contributed by atoms with E-state index >= 15 is 0 Å². The van der Waals surface area contributed by atoms with Crippen molar-refractivity contribution < 1.29 is 14.3 Å². The summed E-state index contributed by atoms with van der Waals surface area (Å²) >= 11 is 0. The maximum Gasteiger partial charge on any atom is 0.251 e. The second-order valence-corrected chi connectivity index (χ2v) is 5.25. The average Bonchev–Trinajstić information content (AvgIpc) is 2.58. The Bertz CT molecular complexity index is 461. The van der Waals surface area contributed by atoms with Crippen LogP contribution in [-0.4, -0.2) is 23.2 Å². The summed E-state index contributed by atoms with van der Waals surface area (Å²) in [5.74, 6) is -0.695. The van der Waals surface area contributed by atoms with E-state index in [-0.39, 0.29) is 17.8 Å².